The molecule has 2 N–H and O–H groups in total. The van der Waals surface area contributed by atoms with Gasteiger partial charge >= 0.3 is 0 Å². The van der Waals surface area contributed by atoms with Crippen LogP contribution in [-0.2, 0) is 0 Å². The van der Waals surface area contributed by atoms with Crippen LogP contribution < -0.4 is 10.6 Å². The Labute approximate surface area is 229 Å². The van der Waals surface area contributed by atoms with Crippen LogP contribution in [0.5, 0.6) is 0 Å². The van der Waals surface area contributed by atoms with Crippen LogP contribution in [0.4, 0.5) is 11.4 Å². The second kappa shape index (κ2) is 14.0. The van der Waals surface area contributed by atoms with E-state index in [1.807, 2.05) is 0 Å². The van der Waals surface area contributed by atoms with Crippen molar-refractivity contribution in [3.8, 4) is 0 Å². The summed E-state index contributed by atoms with van der Waals surface area (Å²) in [5.74, 6) is -0.883. The van der Waals surface area contributed by atoms with Crippen LogP contribution in [0.15, 0.2) is 36.4 Å². The van der Waals surface area contributed by atoms with Gasteiger partial charge in [-0.1, -0.05) is 23.2 Å². The van der Waals surface area contributed by atoms with E-state index in [1.165, 1.54) is 36.4 Å². The van der Waals surface area contributed by atoms with Crippen LogP contribution >= 0.6 is 23.2 Å². The standard InChI is InChI=1S/C24H28Cl2N6O6/c25-21-5-3-17(31(35)36)15-19(21)23(33)27-7-1-9-29-11-13-30(14-12-29)10-2-8-28-24(34)20-16-18(32(37)38)4-6-22(20)26/h3-6,15-16H,1-2,7-14H2,(H,27,33)(H,28,34). The van der Waals surface area contributed by atoms with E-state index < -0.39 is 21.7 Å². The van der Waals surface area contributed by atoms with Crippen LogP contribution in [0.25, 0.3) is 0 Å². The molecule has 12 nitrogen and oxygen atoms in total. The summed E-state index contributed by atoms with van der Waals surface area (Å²) in [6.45, 7) is 5.95. The second-order valence-electron chi connectivity index (χ2n) is 8.74. The monoisotopic (exact) mass is 566 g/mol. The molecule has 2 aromatic carbocycles. The highest BCUT2D eigenvalue weighted by Gasteiger charge is 2.19. The second-order valence-corrected chi connectivity index (χ2v) is 9.56. The van der Waals surface area contributed by atoms with Crippen molar-refractivity contribution in [1.82, 2.24) is 20.4 Å². The number of amides is 2. The minimum atomic E-state index is -0.570. The molecule has 0 atom stereocenters. The highest BCUT2D eigenvalue weighted by atomic mass is 35.5. The van der Waals surface area contributed by atoms with Crippen LogP contribution in [0.3, 0.4) is 0 Å². The molecule has 1 aliphatic rings. The largest absolute Gasteiger partial charge is 0.352 e. The fourth-order valence-corrected chi connectivity index (χ4v) is 4.44. The maximum atomic E-state index is 12.3. The number of nitro benzene ring substituents is 2. The van der Waals surface area contributed by atoms with Crippen molar-refractivity contribution in [2.45, 2.75) is 12.8 Å². The number of nitrogens with one attached hydrogen (secondary N) is 2. The number of rotatable bonds is 12. The summed E-state index contributed by atoms with van der Waals surface area (Å²) in [4.78, 5) is 50.0. The maximum absolute atomic E-state index is 12.3. The summed E-state index contributed by atoms with van der Waals surface area (Å²) in [5.41, 5.74) is -0.212. The quantitative estimate of drug-likeness (QED) is 0.225. The molecular formula is C24H28Cl2N6O6. The number of non-ortho nitro benzene ring substituents is 2. The number of carbonyl (C=O) groups is 2. The van der Waals surface area contributed by atoms with Gasteiger partial charge in [-0.15, -0.1) is 0 Å². The Kier molecular flexibility index (Phi) is 10.8. The van der Waals surface area contributed by atoms with Crippen molar-refractivity contribution >= 4 is 46.4 Å². The van der Waals surface area contributed by atoms with E-state index in [9.17, 15) is 29.8 Å². The molecule has 204 valence electrons. The molecule has 2 aromatic rings. The lowest BCUT2D eigenvalue weighted by Crippen LogP contribution is -2.47. The van der Waals surface area contributed by atoms with Gasteiger partial charge in [0, 0.05) is 63.5 Å². The summed E-state index contributed by atoms with van der Waals surface area (Å²) < 4.78 is 0. The molecule has 1 saturated heterocycles. The smallest absolute Gasteiger partial charge is 0.270 e. The molecule has 14 heteroatoms. The van der Waals surface area contributed by atoms with E-state index in [0.717, 1.165) is 52.1 Å². The van der Waals surface area contributed by atoms with Crippen molar-refractivity contribution in [1.29, 1.82) is 0 Å². The predicted octanol–water partition coefficient (Wildman–Crippen LogP) is 3.37. The summed E-state index contributed by atoms with van der Waals surface area (Å²) in [6.07, 6.45) is 1.45. The zero-order valence-corrected chi connectivity index (χ0v) is 22.0. The molecule has 1 fully saturated rings. The first-order valence-electron chi connectivity index (χ1n) is 12.0. The molecular weight excluding hydrogens is 539 g/mol. The highest BCUT2D eigenvalue weighted by molar-refractivity contribution is 6.34. The van der Waals surface area contributed by atoms with Gasteiger partial charge in [0.05, 0.1) is 31.0 Å². The summed E-state index contributed by atoms with van der Waals surface area (Å²) >= 11 is 12.0. The zero-order valence-electron chi connectivity index (χ0n) is 20.5. The summed E-state index contributed by atoms with van der Waals surface area (Å²) in [5, 5.41) is 27.7. The fourth-order valence-electron chi connectivity index (χ4n) is 4.04. The lowest BCUT2D eigenvalue weighted by atomic mass is 10.2. The molecule has 0 aliphatic carbocycles. The van der Waals surface area contributed by atoms with Gasteiger partial charge < -0.3 is 20.4 Å². The zero-order chi connectivity index (χ0) is 27.7. The molecule has 0 spiro atoms. The molecule has 2 amide bonds. The Morgan fingerprint density at radius 1 is 0.737 bits per heavy atom. The fraction of sp³-hybridized carbons (Fsp3) is 0.417. The predicted molar refractivity (Wildman–Crippen MR) is 143 cm³/mol. The number of nitrogens with zero attached hydrogens (tertiary/aromatic N) is 4. The SMILES string of the molecule is O=C(NCCCN1CCN(CCCNC(=O)c2cc([N+](=O)[O-])ccc2Cl)CC1)c1cc([N+](=O)[O-])ccc1Cl. The Morgan fingerprint density at radius 2 is 1.11 bits per heavy atom. The Hall–Kier alpha value is -3.32. The van der Waals surface area contributed by atoms with E-state index in [0.29, 0.717) is 13.1 Å². The van der Waals surface area contributed by atoms with E-state index in [2.05, 4.69) is 20.4 Å². The molecule has 3 rings (SSSR count). The minimum absolute atomic E-state index is 0.0823. The number of hydrogen-bond acceptors (Lipinski definition) is 8. The molecule has 0 aromatic heterocycles. The normalized spacial score (nSPS) is 14.2. The van der Waals surface area contributed by atoms with Crippen molar-refractivity contribution in [3.05, 3.63) is 77.8 Å². The van der Waals surface area contributed by atoms with Gasteiger partial charge in [0.25, 0.3) is 23.2 Å². The minimum Gasteiger partial charge on any atom is -0.352 e. The number of halogens is 2. The Balaban J connectivity index is 1.30. The van der Waals surface area contributed by atoms with Crippen LogP contribution in [0, 0.1) is 20.2 Å². The van der Waals surface area contributed by atoms with Crippen molar-refractivity contribution in [2.75, 3.05) is 52.4 Å². The van der Waals surface area contributed by atoms with E-state index >= 15 is 0 Å². The van der Waals surface area contributed by atoms with Gasteiger partial charge in [0.2, 0.25) is 0 Å². The molecule has 0 bridgehead atoms. The van der Waals surface area contributed by atoms with E-state index in [4.69, 9.17) is 23.2 Å². The van der Waals surface area contributed by atoms with Gasteiger partial charge in [0.15, 0.2) is 0 Å². The molecule has 38 heavy (non-hydrogen) atoms. The van der Waals surface area contributed by atoms with Crippen molar-refractivity contribution < 1.29 is 19.4 Å². The maximum Gasteiger partial charge on any atom is 0.270 e. The topological polar surface area (TPSA) is 151 Å². The third-order valence-electron chi connectivity index (χ3n) is 6.15. The van der Waals surface area contributed by atoms with Gasteiger partial charge in [-0.3, -0.25) is 29.8 Å². The molecule has 0 saturated carbocycles. The van der Waals surface area contributed by atoms with E-state index in [1.54, 1.807) is 0 Å². The average Bonchev–Trinajstić information content (AvgIpc) is 2.89. The van der Waals surface area contributed by atoms with Crippen molar-refractivity contribution in [3.63, 3.8) is 0 Å². The Bertz CT molecular complexity index is 1100. The number of nitro groups is 2. The lowest BCUT2D eigenvalue weighted by Gasteiger charge is -2.34. The van der Waals surface area contributed by atoms with Crippen LogP contribution in [-0.4, -0.2) is 83.8 Å². The van der Waals surface area contributed by atoms with Gasteiger partial charge in [-0.05, 0) is 38.1 Å². The van der Waals surface area contributed by atoms with Gasteiger partial charge in [-0.2, -0.15) is 0 Å². The third-order valence-corrected chi connectivity index (χ3v) is 6.81. The lowest BCUT2D eigenvalue weighted by molar-refractivity contribution is -0.385. The van der Waals surface area contributed by atoms with Crippen LogP contribution in [0.1, 0.15) is 33.6 Å². The average molecular weight is 567 g/mol. The first-order chi connectivity index (χ1) is 18.2. The number of carbonyl (C=O) groups excluding carboxylic acids is 2. The number of hydrogen-bond donors (Lipinski definition) is 2. The summed E-state index contributed by atoms with van der Waals surface area (Å²) in [6, 6.07) is 7.54. The van der Waals surface area contributed by atoms with Crippen molar-refractivity contribution in [2.24, 2.45) is 0 Å². The van der Waals surface area contributed by atoms with Gasteiger partial charge in [0.1, 0.15) is 0 Å². The Morgan fingerprint density at radius 3 is 1.45 bits per heavy atom. The third kappa shape index (κ3) is 8.35. The van der Waals surface area contributed by atoms with Gasteiger partial charge in [-0.25, -0.2) is 0 Å². The molecule has 0 radical (unpaired) electrons. The molecule has 0 unspecified atom stereocenters. The molecule has 1 aliphatic heterocycles. The first kappa shape index (κ1) is 29.2. The highest BCUT2D eigenvalue weighted by Crippen LogP contribution is 2.23. The van der Waals surface area contributed by atoms with Crippen LogP contribution in [0.2, 0.25) is 10.0 Å². The summed E-state index contributed by atoms with van der Waals surface area (Å²) in [7, 11) is 0. The number of piperazine rings is 1. The number of benzene rings is 2. The first-order valence-corrected chi connectivity index (χ1v) is 12.8. The molecule has 1 heterocycles. The van der Waals surface area contributed by atoms with E-state index in [-0.39, 0.29) is 32.5 Å².